The Bertz CT molecular complexity index is 1640. The molecule has 0 radical (unpaired) electrons. The third-order valence-corrected chi connectivity index (χ3v) is 7.32. The van der Waals surface area contributed by atoms with Crippen molar-refractivity contribution < 1.29 is 14.3 Å². The summed E-state index contributed by atoms with van der Waals surface area (Å²) in [7, 11) is 0. The molecule has 2 aromatic heterocycles. The van der Waals surface area contributed by atoms with Gasteiger partial charge in [0, 0.05) is 40.8 Å². The predicted molar refractivity (Wildman–Crippen MR) is 149 cm³/mol. The highest BCUT2D eigenvalue weighted by Crippen LogP contribution is 2.33. The van der Waals surface area contributed by atoms with Gasteiger partial charge in [0.2, 0.25) is 6.79 Å². The molecule has 0 atom stereocenters. The Labute approximate surface area is 234 Å². The van der Waals surface area contributed by atoms with Gasteiger partial charge in [-0.2, -0.15) is 0 Å². The van der Waals surface area contributed by atoms with Crippen LogP contribution in [0.4, 0.5) is 0 Å². The molecule has 10 heteroatoms. The molecule has 1 aliphatic heterocycles. The molecule has 6 rings (SSSR count). The Morgan fingerprint density at radius 1 is 0.923 bits per heavy atom. The minimum absolute atomic E-state index is 0.151. The number of amides is 1. The summed E-state index contributed by atoms with van der Waals surface area (Å²) in [5.74, 6) is 2.55. The molecule has 0 unspecified atom stereocenters. The lowest BCUT2D eigenvalue weighted by Crippen LogP contribution is -2.22. The summed E-state index contributed by atoms with van der Waals surface area (Å²) in [6.07, 6.45) is 3.45. The van der Waals surface area contributed by atoms with Gasteiger partial charge in [-0.1, -0.05) is 47.6 Å². The number of nitrogens with one attached hydrogen (secondary N) is 1. The number of carbonyl (C=O) groups excluding carboxylic acids is 1. The maximum Gasteiger partial charge on any atom is 0.251 e. The zero-order valence-electron chi connectivity index (χ0n) is 20.6. The summed E-state index contributed by atoms with van der Waals surface area (Å²) in [6.45, 7) is 0.603. The number of carbonyl (C=O) groups is 1. The number of nitrogens with zero attached hydrogens (tertiary/aromatic N) is 4. The first kappa shape index (κ1) is 25.0. The first-order valence-corrected chi connectivity index (χ1v) is 13.5. The fraction of sp³-hybridized carbons (Fsp3) is 0.103. The van der Waals surface area contributed by atoms with Crippen LogP contribution < -0.4 is 14.8 Å². The standard InChI is InChI=1S/C29H22ClN5O3S/c30-23-5-2-6-24(15-23)35-27(21-9-11-31-12-10-21)33-34-29(35)39-17-20-3-1-4-22(13-20)28(36)32-16-19-7-8-25-26(14-19)38-18-37-25/h1-15H,16-18H2,(H,32,36). The highest BCUT2D eigenvalue weighted by atomic mass is 35.5. The molecule has 5 aromatic rings. The van der Waals surface area contributed by atoms with E-state index in [-0.39, 0.29) is 12.7 Å². The van der Waals surface area contributed by atoms with Gasteiger partial charge in [-0.15, -0.1) is 10.2 Å². The van der Waals surface area contributed by atoms with E-state index >= 15 is 0 Å². The molecule has 1 N–H and O–H groups in total. The second kappa shape index (κ2) is 11.2. The minimum atomic E-state index is -0.151. The summed E-state index contributed by atoms with van der Waals surface area (Å²) in [5.41, 5.74) is 4.26. The quantitative estimate of drug-likeness (QED) is 0.237. The van der Waals surface area contributed by atoms with Crippen molar-refractivity contribution >= 4 is 29.3 Å². The molecule has 0 saturated carbocycles. The number of benzene rings is 3. The van der Waals surface area contributed by atoms with Crippen LogP contribution >= 0.6 is 23.4 Å². The van der Waals surface area contributed by atoms with Gasteiger partial charge in [0.15, 0.2) is 22.5 Å². The smallest absolute Gasteiger partial charge is 0.251 e. The van der Waals surface area contributed by atoms with Crippen molar-refractivity contribution in [1.29, 1.82) is 0 Å². The van der Waals surface area contributed by atoms with E-state index in [2.05, 4.69) is 20.5 Å². The molecule has 39 heavy (non-hydrogen) atoms. The topological polar surface area (TPSA) is 91.2 Å². The van der Waals surface area contributed by atoms with E-state index in [0.29, 0.717) is 39.6 Å². The maximum absolute atomic E-state index is 12.9. The second-order valence-electron chi connectivity index (χ2n) is 8.72. The monoisotopic (exact) mass is 555 g/mol. The molecular formula is C29H22ClN5O3S. The number of halogens is 1. The summed E-state index contributed by atoms with van der Waals surface area (Å²) in [5, 5.41) is 13.2. The van der Waals surface area contributed by atoms with E-state index in [1.807, 2.05) is 77.4 Å². The second-order valence-corrected chi connectivity index (χ2v) is 10.1. The van der Waals surface area contributed by atoms with E-state index in [9.17, 15) is 4.79 Å². The van der Waals surface area contributed by atoms with Crippen LogP contribution in [0.15, 0.2) is 96.4 Å². The first-order valence-electron chi connectivity index (χ1n) is 12.1. The van der Waals surface area contributed by atoms with Crippen molar-refractivity contribution in [1.82, 2.24) is 25.1 Å². The fourth-order valence-electron chi connectivity index (χ4n) is 4.18. The molecule has 0 fully saturated rings. The number of fused-ring (bicyclic) bond motifs is 1. The molecule has 0 aliphatic carbocycles. The summed E-state index contributed by atoms with van der Waals surface area (Å²) < 4.78 is 12.7. The van der Waals surface area contributed by atoms with Gasteiger partial charge < -0.3 is 14.8 Å². The number of pyridine rings is 1. The average Bonchev–Trinajstić information content (AvgIpc) is 3.62. The Kier molecular flexibility index (Phi) is 7.16. The van der Waals surface area contributed by atoms with Gasteiger partial charge in [0.1, 0.15) is 0 Å². The third-order valence-electron chi connectivity index (χ3n) is 6.09. The van der Waals surface area contributed by atoms with Crippen LogP contribution in [-0.4, -0.2) is 32.4 Å². The van der Waals surface area contributed by atoms with Gasteiger partial charge in [-0.05, 0) is 65.7 Å². The van der Waals surface area contributed by atoms with Crippen molar-refractivity contribution in [3.05, 3.63) is 113 Å². The van der Waals surface area contributed by atoms with Crippen molar-refractivity contribution in [2.45, 2.75) is 17.5 Å². The number of rotatable bonds is 8. The van der Waals surface area contributed by atoms with E-state index in [0.717, 1.165) is 28.1 Å². The number of hydrogen-bond acceptors (Lipinski definition) is 7. The van der Waals surface area contributed by atoms with Crippen LogP contribution in [0, 0.1) is 0 Å². The lowest BCUT2D eigenvalue weighted by Gasteiger charge is -2.11. The molecule has 3 aromatic carbocycles. The van der Waals surface area contributed by atoms with E-state index in [1.165, 1.54) is 11.8 Å². The highest BCUT2D eigenvalue weighted by Gasteiger charge is 2.17. The van der Waals surface area contributed by atoms with Crippen LogP contribution in [0.1, 0.15) is 21.5 Å². The van der Waals surface area contributed by atoms with Crippen LogP contribution in [0.3, 0.4) is 0 Å². The van der Waals surface area contributed by atoms with Crippen molar-refractivity contribution in [3.63, 3.8) is 0 Å². The van der Waals surface area contributed by atoms with Crippen LogP contribution in [0.2, 0.25) is 5.02 Å². The Balaban J connectivity index is 1.18. The zero-order valence-corrected chi connectivity index (χ0v) is 22.2. The Morgan fingerprint density at radius 2 is 1.77 bits per heavy atom. The molecule has 1 aliphatic rings. The molecule has 0 saturated heterocycles. The summed E-state index contributed by atoms with van der Waals surface area (Å²) >= 11 is 7.83. The molecule has 3 heterocycles. The molecule has 0 bridgehead atoms. The van der Waals surface area contributed by atoms with Gasteiger partial charge in [-0.3, -0.25) is 14.3 Å². The summed E-state index contributed by atoms with van der Waals surface area (Å²) in [6, 6.07) is 24.6. The predicted octanol–water partition coefficient (Wildman–Crippen LogP) is 5.93. The van der Waals surface area contributed by atoms with E-state index in [1.54, 1.807) is 18.5 Å². The van der Waals surface area contributed by atoms with Gasteiger partial charge in [0.05, 0.1) is 5.69 Å². The molecular weight excluding hydrogens is 534 g/mol. The van der Waals surface area contributed by atoms with E-state index < -0.39 is 0 Å². The van der Waals surface area contributed by atoms with Gasteiger partial charge in [0.25, 0.3) is 5.91 Å². The fourth-order valence-corrected chi connectivity index (χ4v) is 5.26. The molecule has 194 valence electrons. The maximum atomic E-state index is 12.9. The van der Waals surface area contributed by atoms with Gasteiger partial charge >= 0.3 is 0 Å². The van der Waals surface area contributed by atoms with Gasteiger partial charge in [-0.25, -0.2) is 0 Å². The molecule has 1 amide bonds. The number of thioether (sulfide) groups is 1. The van der Waals surface area contributed by atoms with Crippen molar-refractivity contribution in [2.75, 3.05) is 6.79 Å². The van der Waals surface area contributed by atoms with Crippen molar-refractivity contribution in [2.24, 2.45) is 0 Å². The summed E-state index contributed by atoms with van der Waals surface area (Å²) in [4.78, 5) is 17.0. The number of hydrogen-bond donors (Lipinski definition) is 1. The van der Waals surface area contributed by atoms with Crippen LogP contribution in [0.5, 0.6) is 11.5 Å². The number of aromatic nitrogens is 4. The molecule has 8 nitrogen and oxygen atoms in total. The Hall–Kier alpha value is -4.34. The van der Waals surface area contributed by atoms with Crippen LogP contribution in [0.25, 0.3) is 17.1 Å². The Morgan fingerprint density at radius 3 is 2.64 bits per heavy atom. The first-order chi connectivity index (χ1) is 19.1. The lowest BCUT2D eigenvalue weighted by atomic mass is 10.1. The average molecular weight is 556 g/mol. The highest BCUT2D eigenvalue weighted by molar-refractivity contribution is 7.98. The van der Waals surface area contributed by atoms with E-state index in [4.69, 9.17) is 21.1 Å². The zero-order chi connectivity index (χ0) is 26.6. The van der Waals surface area contributed by atoms with Crippen molar-refractivity contribution in [3.8, 4) is 28.6 Å². The SMILES string of the molecule is O=C(NCc1ccc2c(c1)OCO2)c1cccc(CSc2nnc(-c3ccncc3)n2-c2cccc(Cl)c2)c1. The lowest BCUT2D eigenvalue weighted by molar-refractivity contribution is 0.0950. The van der Waals surface area contributed by atoms with Crippen LogP contribution in [-0.2, 0) is 12.3 Å². The third kappa shape index (κ3) is 5.59. The largest absolute Gasteiger partial charge is 0.454 e. The normalized spacial score (nSPS) is 11.9. The molecule has 0 spiro atoms. The number of ether oxygens (including phenoxy) is 2. The minimum Gasteiger partial charge on any atom is -0.454 e.